The SMILES string of the molecule is CC(CCl)Cc1ccsc1Br. The average Bonchev–Trinajstić information content (AvgIpc) is 2.37. The van der Waals surface area contributed by atoms with Gasteiger partial charge >= 0.3 is 0 Å². The quantitative estimate of drug-likeness (QED) is 0.716. The zero-order valence-corrected chi connectivity index (χ0v) is 9.47. The van der Waals surface area contributed by atoms with E-state index in [0.29, 0.717) is 5.92 Å². The van der Waals surface area contributed by atoms with Crippen LogP contribution in [0.25, 0.3) is 0 Å². The molecule has 0 aromatic carbocycles. The van der Waals surface area contributed by atoms with Gasteiger partial charge in [0.1, 0.15) is 0 Å². The van der Waals surface area contributed by atoms with Crippen molar-refractivity contribution < 1.29 is 0 Å². The van der Waals surface area contributed by atoms with E-state index < -0.39 is 0 Å². The van der Waals surface area contributed by atoms with Gasteiger partial charge in [-0.1, -0.05) is 6.92 Å². The molecule has 1 aromatic rings. The largest absolute Gasteiger partial charge is 0.137 e. The topological polar surface area (TPSA) is 0 Å². The Morgan fingerprint density at radius 3 is 2.91 bits per heavy atom. The molecule has 11 heavy (non-hydrogen) atoms. The molecule has 1 unspecified atom stereocenters. The molecule has 1 rings (SSSR count). The molecular formula is C8H10BrClS. The van der Waals surface area contributed by atoms with Crippen molar-refractivity contribution in [3.05, 3.63) is 20.8 Å². The van der Waals surface area contributed by atoms with Crippen molar-refractivity contribution in [1.29, 1.82) is 0 Å². The minimum atomic E-state index is 0.572. The van der Waals surface area contributed by atoms with E-state index in [1.165, 1.54) is 9.35 Å². The first-order valence-corrected chi connectivity index (χ1v) is 5.72. The van der Waals surface area contributed by atoms with Crippen molar-refractivity contribution in [1.82, 2.24) is 0 Å². The molecule has 0 amide bonds. The van der Waals surface area contributed by atoms with E-state index >= 15 is 0 Å². The van der Waals surface area contributed by atoms with Gasteiger partial charge in [0.25, 0.3) is 0 Å². The number of hydrogen-bond donors (Lipinski definition) is 0. The van der Waals surface area contributed by atoms with Crippen molar-refractivity contribution >= 4 is 38.9 Å². The highest BCUT2D eigenvalue weighted by molar-refractivity contribution is 9.11. The molecule has 0 nitrogen and oxygen atoms in total. The van der Waals surface area contributed by atoms with Crippen molar-refractivity contribution in [3.8, 4) is 0 Å². The van der Waals surface area contributed by atoms with E-state index in [9.17, 15) is 0 Å². The van der Waals surface area contributed by atoms with Gasteiger partial charge in [-0.2, -0.15) is 0 Å². The number of thiophene rings is 1. The van der Waals surface area contributed by atoms with Crippen LogP contribution in [0.2, 0.25) is 0 Å². The Morgan fingerprint density at radius 2 is 2.45 bits per heavy atom. The second kappa shape index (κ2) is 4.48. The number of alkyl halides is 1. The zero-order chi connectivity index (χ0) is 8.27. The lowest BCUT2D eigenvalue weighted by Crippen LogP contribution is -1.99. The van der Waals surface area contributed by atoms with Crippen LogP contribution in [0.3, 0.4) is 0 Å². The maximum absolute atomic E-state index is 5.71. The lowest BCUT2D eigenvalue weighted by atomic mass is 10.1. The molecule has 0 aliphatic rings. The summed E-state index contributed by atoms with van der Waals surface area (Å²) in [6.45, 7) is 2.16. The van der Waals surface area contributed by atoms with Gasteiger partial charge in [0.05, 0.1) is 3.79 Å². The second-order valence-corrected chi connectivity index (χ2v) is 5.23. The van der Waals surface area contributed by atoms with Gasteiger partial charge in [0.15, 0.2) is 0 Å². The highest BCUT2D eigenvalue weighted by atomic mass is 79.9. The fraction of sp³-hybridized carbons (Fsp3) is 0.500. The van der Waals surface area contributed by atoms with Crippen LogP contribution in [-0.4, -0.2) is 5.88 Å². The normalized spacial score (nSPS) is 13.4. The molecule has 0 bridgehead atoms. The predicted molar refractivity (Wildman–Crippen MR) is 55.6 cm³/mol. The van der Waals surface area contributed by atoms with E-state index in [0.717, 1.165) is 12.3 Å². The molecule has 1 heterocycles. The molecule has 0 fully saturated rings. The van der Waals surface area contributed by atoms with Crippen molar-refractivity contribution in [2.24, 2.45) is 5.92 Å². The first-order chi connectivity index (χ1) is 5.24. The first kappa shape index (κ1) is 9.56. The van der Waals surface area contributed by atoms with Gasteiger partial charge in [0.2, 0.25) is 0 Å². The third kappa shape index (κ3) is 2.77. The fourth-order valence-electron chi connectivity index (χ4n) is 0.895. The average molecular weight is 254 g/mol. The van der Waals surface area contributed by atoms with Gasteiger partial charge in [-0.05, 0) is 45.3 Å². The lowest BCUT2D eigenvalue weighted by Gasteiger charge is -2.04. The second-order valence-electron chi connectivity index (χ2n) is 2.68. The summed E-state index contributed by atoms with van der Waals surface area (Å²) >= 11 is 10.9. The Bertz CT molecular complexity index is 222. The molecule has 0 spiro atoms. The summed E-state index contributed by atoms with van der Waals surface area (Å²) < 4.78 is 1.24. The standard InChI is InChI=1S/C8H10BrClS/c1-6(5-10)4-7-2-3-11-8(7)9/h2-3,6H,4-5H2,1H3. The molecule has 3 heteroatoms. The monoisotopic (exact) mass is 252 g/mol. The molecule has 62 valence electrons. The van der Waals surface area contributed by atoms with E-state index in [1.54, 1.807) is 11.3 Å². The number of rotatable bonds is 3. The number of halogens is 2. The van der Waals surface area contributed by atoms with Gasteiger partial charge in [-0.15, -0.1) is 22.9 Å². The summed E-state index contributed by atoms with van der Waals surface area (Å²) in [7, 11) is 0. The van der Waals surface area contributed by atoms with Crippen LogP contribution in [0.1, 0.15) is 12.5 Å². The molecule has 0 saturated carbocycles. The molecule has 0 N–H and O–H groups in total. The molecule has 1 aromatic heterocycles. The predicted octanol–water partition coefficient (Wildman–Crippen LogP) is 3.93. The van der Waals surface area contributed by atoms with Crippen LogP contribution in [-0.2, 0) is 6.42 Å². The number of hydrogen-bond acceptors (Lipinski definition) is 1. The molecule has 0 saturated heterocycles. The summed E-state index contributed by atoms with van der Waals surface area (Å²) in [5.74, 6) is 1.31. The molecule has 0 radical (unpaired) electrons. The summed E-state index contributed by atoms with van der Waals surface area (Å²) in [5, 5.41) is 2.10. The fourth-order valence-corrected chi connectivity index (χ4v) is 2.28. The maximum Gasteiger partial charge on any atom is 0.0730 e. The van der Waals surface area contributed by atoms with Crippen LogP contribution in [0, 0.1) is 5.92 Å². The maximum atomic E-state index is 5.71. The van der Waals surface area contributed by atoms with Gasteiger partial charge < -0.3 is 0 Å². The zero-order valence-electron chi connectivity index (χ0n) is 6.31. The Labute approximate surface area is 84.7 Å². The van der Waals surface area contributed by atoms with Crippen LogP contribution in [0.15, 0.2) is 15.2 Å². The van der Waals surface area contributed by atoms with Gasteiger partial charge in [0, 0.05) is 5.88 Å². The Morgan fingerprint density at radius 1 is 1.73 bits per heavy atom. The first-order valence-electron chi connectivity index (χ1n) is 3.52. The molecule has 0 aliphatic heterocycles. The third-order valence-electron chi connectivity index (χ3n) is 1.52. The Kier molecular flexibility index (Phi) is 3.90. The van der Waals surface area contributed by atoms with E-state index in [4.69, 9.17) is 11.6 Å². The van der Waals surface area contributed by atoms with Crippen LogP contribution < -0.4 is 0 Å². The smallest absolute Gasteiger partial charge is 0.0730 e. The van der Waals surface area contributed by atoms with Crippen molar-refractivity contribution in [2.45, 2.75) is 13.3 Å². The minimum Gasteiger partial charge on any atom is -0.137 e. The van der Waals surface area contributed by atoms with Crippen LogP contribution >= 0.6 is 38.9 Å². The van der Waals surface area contributed by atoms with Crippen LogP contribution in [0.4, 0.5) is 0 Å². The minimum absolute atomic E-state index is 0.572. The summed E-state index contributed by atoms with van der Waals surface area (Å²) in [5.41, 5.74) is 1.38. The molecular weight excluding hydrogens is 244 g/mol. The van der Waals surface area contributed by atoms with Crippen molar-refractivity contribution in [3.63, 3.8) is 0 Å². The highest BCUT2D eigenvalue weighted by Gasteiger charge is 2.05. The summed E-state index contributed by atoms with van der Waals surface area (Å²) in [6, 6.07) is 2.15. The highest BCUT2D eigenvalue weighted by Crippen LogP contribution is 2.25. The molecule has 1 atom stereocenters. The van der Waals surface area contributed by atoms with Gasteiger partial charge in [-0.25, -0.2) is 0 Å². The van der Waals surface area contributed by atoms with E-state index in [1.807, 2.05) is 0 Å². The molecule has 0 aliphatic carbocycles. The summed E-state index contributed by atoms with van der Waals surface area (Å²) in [4.78, 5) is 0. The van der Waals surface area contributed by atoms with E-state index in [2.05, 4.69) is 34.3 Å². The Balaban J connectivity index is 2.56. The van der Waals surface area contributed by atoms with Gasteiger partial charge in [-0.3, -0.25) is 0 Å². The van der Waals surface area contributed by atoms with Crippen LogP contribution in [0.5, 0.6) is 0 Å². The third-order valence-corrected chi connectivity index (χ3v) is 3.86. The lowest BCUT2D eigenvalue weighted by molar-refractivity contribution is 0.655. The Hall–Kier alpha value is 0.470. The summed E-state index contributed by atoms with van der Waals surface area (Å²) in [6.07, 6.45) is 1.08. The van der Waals surface area contributed by atoms with E-state index in [-0.39, 0.29) is 0 Å². The van der Waals surface area contributed by atoms with Crippen molar-refractivity contribution in [2.75, 3.05) is 5.88 Å².